The third-order valence-corrected chi connectivity index (χ3v) is 5.98. The number of piperazine rings is 1. The fraction of sp³-hybridized carbons (Fsp3) is 0.800. The van der Waals surface area contributed by atoms with E-state index in [2.05, 4.69) is 72.5 Å². The molecule has 1 aromatic rings. The maximum Gasteiger partial charge on any atom is 0.191 e. The molecular weight excluding hydrogens is 483 g/mol. The van der Waals surface area contributed by atoms with E-state index in [1.54, 1.807) is 11.3 Å². The van der Waals surface area contributed by atoms with Crippen molar-refractivity contribution in [2.75, 3.05) is 46.3 Å². The molecule has 1 aromatic heterocycles. The van der Waals surface area contributed by atoms with Gasteiger partial charge in [0.15, 0.2) is 5.96 Å². The molecule has 1 fully saturated rings. The fourth-order valence-electron chi connectivity index (χ4n) is 3.29. The molecule has 0 amide bonds. The van der Waals surface area contributed by atoms with Gasteiger partial charge in [0, 0.05) is 50.7 Å². The van der Waals surface area contributed by atoms with Crippen molar-refractivity contribution >= 4 is 41.3 Å². The molecule has 2 N–H and O–H groups in total. The van der Waals surface area contributed by atoms with E-state index in [9.17, 15) is 0 Å². The lowest BCUT2D eigenvalue weighted by molar-refractivity contribution is 0.0900. The molecule has 1 aliphatic heterocycles. The molecule has 0 saturated carbocycles. The maximum atomic E-state index is 4.76. The van der Waals surface area contributed by atoms with Crippen LogP contribution in [0, 0.1) is 5.92 Å². The third-order valence-electron chi connectivity index (χ3n) is 5.13. The van der Waals surface area contributed by atoms with Crippen LogP contribution in [0.2, 0.25) is 0 Å². The lowest BCUT2D eigenvalue weighted by atomic mass is 10.0. The number of likely N-dealkylation sites (N-methyl/N-ethyl adjacent to an activating group) is 1. The average molecular weight is 523 g/mol. The van der Waals surface area contributed by atoms with Crippen molar-refractivity contribution in [3.63, 3.8) is 0 Å². The van der Waals surface area contributed by atoms with Gasteiger partial charge in [-0.2, -0.15) is 0 Å². The summed E-state index contributed by atoms with van der Waals surface area (Å²) in [5, 5.41) is 10.2. The van der Waals surface area contributed by atoms with E-state index < -0.39 is 0 Å². The van der Waals surface area contributed by atoms with Gasteiger partial charge in [-0.1, -0.05) is 27.7 Å². The second kappa shape index (κ2) is 13.0. The standard InChI is InChI=1S/C20H38N6S.HI/c1-7-21-20(23-13-19-24-17(14-27-19)15(2)3)22-12-18(16(4)5)26-10-8-25(6)9-11-26;/h14-16,18H,7-13H2,1-6H3,(H2,21,22,23);1H. The van der Waals surface area contributed by atoms with Crippen LogP contribution in [0.4, 0.5) is 0 Å². The Bertz CT molecular complexity index is 581. The SMILES string of the molecule is CCNC(=NCc1nc(C(C)C)cs1)NCC(C(C)C)N1CCN(C)CC1.I. The van der Waals surface area contributed by atoms with Crippen LogP contribution in [0.3, 0.4) is 0 Å². The fourth-order valence-corrected chi connectivity index (χ4v) is 4.17. The Morgan fingerprint density at radius 3 is 2.39 bits per heavy atom. The molecule has 162 valence electrons. The number of guanidine groups is 1. The summed E-state index contributed by atoms with van der Waals surface area (Å²) in [5.41, 5.74) is 1.16. The van der Waals surface area contributed by atoms with E-state index in [-0.39, 0.29) is 24.0 Å². The molecule has 1 saturated heterocycles. The minimum atomic E-state index is 0. The Morgan fingerprint density at radius 1 is 1.18 bits per heavy atom. The van der Waals surface area contributed by atoms with Crippen molar-refractivity contribution in [3.05, 3.63) is 16.1 Å². The molecular formula is C20H39IN6S. The van der Waals surface area contributed by atoms with Crippen LogP contribution in [0.25, 0.3) is 0 Å². The number of nitrogens with zero attached hydrogens (tertiary/aromatic N) is 4. The van der Waals surface area contributed by atoms with Crippen LogP contribution in [-0.4, -0.2) is 73.1 Å². The largest absolute Gasteiger partial charge is 0.357 e. The Morgan fingerprint density at radius 2 is 1.86 bits per heavy atom. The smallest absolute Gasteiger partial charge is 0.191 e. The molecule has 0 radical (unpaired) electrons. The first kappa shape index (κ1) is 25.6. The van der Waals surface area contributed by atoms with E-state index in [0.717, 1.165) is 55.9 Å². The molecule has 0 bridgehead atoms. The maximum absolute atomic E-state index is 4.76. The zero-order valence-electron chi connectivity index (χ0n) is 18.4. The highest BCUT2D eigenvalue weighted by Gasteiger charge is 2.25. The van der Waals surface area contributed by atoms with Crippen LogP contribution in [0.5, 0.6) is 0 Å². The number of thiazole rings is 1. The van der Waals surface area contributed by atoms with Gasteiger partial charge in [-0.05, 0) is 25.8 Å². The Kier molecular flexibility index (Phi) is 11.9. The molecule has 28 heavy (non-hydrogen) atoms. The van der Waals surface area contributed by atoms with Crippen LogP contribution in [0.1, 0.15) is 51.2 Å². The molecule has 1 aliphatic rings. The van der Waals surface area contributed by atoms with Gasteiger partial charge in [-0.15, -0.1) is 35.3 Å². The van der Waals surface area contributed by atoms with Crippen molar-refractivity contribution in [1.82, 2.24) is 25.4 Å². The zero-order chi connectivity index (χ0) is 19.8. The van der Waals surface area contributed by atoms with Crippen molar-refractivity contribution in [1.29, 1.82) is 0 Å². The highest BCUT2D eigenvalue weighted by atomic mass is 127. The summed E-state index contributed by atoms with van der Waals surface area (Å²) in [6.45, 7) is 18.1. The molecule has 0 aliphatic carbocycles. The number of aliphatic imine (C=N–C) groups is 1. The molecule has 6 nitrogen and oxygen atoms in total. The minimum absolute atomic E-state index is 0. The van der Waals surface area contributed by atoms with Gasteiger partial charge in [0.05, 0.1) is 12.2 Å². The predicted molar refractivity (Wildman–Crippen MR) is 132 cm³/mol. The number of hydrogen-bond donors (Lipinski definition) is 2. The molecule has 1 atom stereocenters. The second-order valence-electron chi connectivity index (χ2n) is 8.05. The topological polar surface area (TPSA) is 55.8 Å². The normalized spacial score (nSPS) is 17.6. The van der Waals surface area contributed by atoms with Crippen molar-refractivity contribution in [3.8, 4) is 0 Å². The quantitative estimate of drug-likeness (QED) is 0.312. The van der Waals surface area contributed by atoms with Crippen molar-refractivity contribution < 1.29 is 0 Å². The number of nitrogens with one attached hydrogen (secondary N) is 2. The lowest BCUT2D eigenvalue weighted by Crippen LogP contribution is -2.55. The summed E-state index contributed by atoms with van der Waals surface area (Å²) >= 11 is 1.70. The van der Waals surface area contributed by atoms with Crippen molar-refractivity contribution in [2.24, 2.45) is 10.9 Å². The van der Waals surface area contributed by atoms with E-state index in [1.165, 1.54) is 0 Å². The summed E-state index contributed by atoms with van der Waals surface area (Å²) in [6, 6.07) is 0.523. The first-order chi connectivity index (χ1) is 12.9. The number of halogens is 1. The zero-order valence-corrected chi connectivity index (χ0v) is 21.5. The monoisotopic (exact) mass is 522 g/mol. The molecule has 2 rings (SSSR count). The highest BCUT2D eigenvalue weighted by Crippen LogP contribution is 2.18. The number of rotatable bonds is 8. The Hall–Kier alpha value is -0.450. The van der Waals surface area contributed by atoms with Gasteiger partial charge in [0.25, 0.3) is 0 Å². The molecule has 0 spiro atoms. The lowest BCUT2D eigenvalue weighted by Gasteiger charge is -2.40. The van der Waals surface area contributed by atoms with Crippen LogP contribution < -0.4 is 10.6 Å². The summed E-state index contributed by atoms with van der Waals surface area (Å²) < 4.78 is 0. The van der Waals surface area contributed by atoms with E-state index in [1.807, 2.05) is 0 Å². The first-order valence-electron chi connectivity index (χ1n) is 10.3. The number of hydrogen-bond acceptors (Lipinski definition) is 5. The summed E-state index contributed by atoms with van der Waals surface area (Å²) in [5.74, 6) is 1.97. The predicted octanol–water partition coefficient (Wildman–Crippen LogP) is 3.21. The first-order valence-corrected chi connectivity index (χ1v) is 11.2. The van der Waals surface area contributed by atoms with E-state index >= 15 is 0 Å². The van der Waals surface area contributed by atoms with Gasteiger partial charge >= 0.3 is 0 Å². The van der Waals surface area contributed by atoms with Crippen LogP contribution in [-0.2, 0) is 6.54 Å². The summed E-state index contributed by atoms with van der Waals surface area (Å²) in [4.78, 5) is 14.5. The number of aromatic nitrogens is 1. The highest BCUT2D eigenvalue weighted by molar-refractivity contribution is 14.0. The second-order valence-corrected chi connectivity index (χ2v) is 8.99. The van der Waals surface area contributed by atoms with E-state index in [0.29, 0.717) is 24.4 Å². The van der Waals surface area contributed by atoms with Crippen molar-refractivity contribution in [2.45, 2.75) is 53.1 Å². The van der Waals surface area contributed by atoms with Crippen LogP contribution >= 0.6 is 35.3 Å². The van der Waals surface area contributed by atoms with Gasteiger partial charge in [0.1, 0.15) is 5.01 Å². The average Bonchev–Trinajstić information content (AvgIpc) is 3.10. The van der Waals surface area contributed by atoms with Gasteiger partial charge in [-0.3, -0.25) is 4.90 Å². The van der Waals surface area contributed by atoms with Gasteiger partial charge < -0.3 is 15.5 Å². The molecule has 2 heterocycles. The Labute approximate surface area is 192 Å². The minimum Gasteiger partial charge on any atom is -0.357 e. The Balaban J connectivity index is 0.00000392. The summed E-state index contributed by atoms with van der Waals surface area (Å²) in [7, 11) is 2.21. The molecule has 0 aromatic carbocycles. The van der Waals surface area contributed by atoms with E-state index in [4.69, 9.17) is 4.99 Å². The summed E-state index contributed by atoms with van der Waals surface area (Å²) in [6.07, 6.45) is 0. The van der Waals surface area contributed by atoms with Gasteiger partial charge in [-0.25, -0.2) is 9.98 Å². The van der Waals surface area contributed by atoms with Crippen LogP contribution in [0.15, 0.2) is 10.4 Å². The third kappa shape index (κ3) is 8.12. The molecule has 8 heteroatoms. The van der Waals surface area contributed by atoms with Gasteiger partial charge in [0.2, 0.25) is 0 Å². The molecule has 1 unspecified atom stereocenters.